The van der Waals surface area contributed by atoms with Gasteiger partial charge in [0, 0.05) is 11.4 Å². The molecule has 3 N–H and O–H groups in total. The van der Waals surface area contributed by atoms with Gasteiger partial charge < -0.3 is 11.1 Å². The smallest absolute Gasteiger partial charge is 0.236 e. The molecule has 1 atom stereocenters. The summed E-state index contributed by atoms with van der Waals surface area (Å²) in [5, 5.41) is 2.78. The van der Waals surface area contributed by atoms with E-state index in [9.17, 15) is 4.79 Å². The molecule has 0 aliphatic carbocycles. The molecule has 0 aliphatic rings. The molecule has 78 valence electrons. The van der Waals surface area contributed by atoms with Gasteiger partial charge in [0.25, 0.3) is 0 Å². The summed E-state index contributed by atoms with van der Waals surface area (Å²) in [6.07, 6.45) is 0.881. The van der Waals surface area contributed by atoms with Crippen LogP contribution in [-0.4, -0.2) is 18.5 Å². The molecule has 14 heavy (non-hydrogen) atoms. The van der Waals surface area contributed by atoms with E-state index >= 15 is 0 Å². The summed E-state index contributed by atoms with van der Waals surface area (Å²) in [5.41, 5.74) is 5.41. The molecule has 0 unspecified atom stereocenters. The van der Waals surface area contributed by atoms with Crippen molar-refractivity contribution in [2.24, 2.45) is 5.73 Å². The minimum atomic E-state index is -0.418. The number of amides is 1. The van der Waals surface area contributed by atoms with E-state index in [1.165, 1.54) is 7.76 Å². The Morgan fingerprint density at radius 3 is 2.93 bits per heavy atom. The fraction of sp³-hybridized carbons (Fsp3) is 0.444. The highest BCUT2D eigenvalue weighted by Crippen LogP contribution is 2.18. The van der Waals surface area contributed by atoms with Crippen LogP contribution in [0.4, 0.5) is 0 Å². The van der Waals surface area contributed by atoms with Crippen LogP contribution in [0.25, 0.3) is 0 Å². The monoisotopic (exact) mass is 324 g/mol. The van der Waals surface area contributed by atoms with Gasteiger partial charge in [-0.1, -0.05) is 0 Å². The number of hydrogen-bond acceptors (Lipinski definition) is 3. The molecule has 1 aromatic rings. The average molecular weight is 324 g/mol. The van der Waals surface area contributed by atoms with Gasteiger partial charge in [-0.3, -0.25) is 4.79 Å². The molecule has 0 fully saturated rings. The van der Waals surface area contributed by atoms with Crippen LogP contribution in [0.5, 0.6) is 0 Å². The van der Waals surface area contributed by atoms with Gasteiger partial charge in [0.2, 0.25) is 5.91 Å². The number of carbonyl (C=O) groups is 1. The third-order valence-electron chi connectivity index (χ3n) is 1.71. The summed E-state index contributed by atoms with van der Waals surface area (Å²) in [4.78, 5) is 12.4. The molecule has 0 bridgehead atoms. The van der Waals surface area contributed by atoms with Crippen molar-refractivity contribution in [1.82, 2.24) is 5.32 Å². The summed E-state index contributed by atoms with van der Waals surface area (Å²) in [6.45, 7) is 2.35. The van der Waals surface area contributed by atoms with Gasteiger partial charge in [0.05, 0.1) is 8.93 Å². The largest absolute Gasteiger partial charge is 0.354 e. The Labute approximate surface area is 101 Å². The highest BCUT2D eigenvalue weighted by Gasteiger charge is 2.05. The Morgan fingerprint density at radius 2 is 2.43 bits per heavy atom. The lowest BCUT2D eigenvalue weighted by Crippen LogP contribution is -2.39. The highest BCUT2D eigenvalue weighted by atomic mass is 127. The normalized spacial score (nSPS) is 12.5. The molecule has 0 spiro atoms. The van der Waals surface area contributed by atoms with E-state index in [4.69, 9.17) is 5.73 Å². The van der Waals surface area contributed by atoms with Gasteiger partial charge in [0.15, 0.2) is 0 Å². The molecule has 3 nitrogen and oxygen atoms in total. The first-order valence-corrected chi connectivity index (χ1v) is 6.26. The van der Waals surface area contributed by atoms with E-state index in [0.29, 0.717) is 6.54 Å². The second-order valence-electron chi connectivity index (χ2n) is 3.04. The molecule has 0 saturated carbocycles. The van der Waals surface area contributed by atoms with E-state index in [1.54, 1.807) is 18.3 Å². The molecule has 1 heterocycles. The first-order valence-electron chi connectivity index (χ1n) is 4.37. The van der Waals surface area contributed by atoms with Crippen molar-refractivity contribution in [2.45, 2.75) is 19.4 Å². The zero-order valence-corrected chi connectivity index (χ0v) is 10.9. The Kier molecular flexibility index (Phi) is 4.83. The van der Waals surface area contributed by atoms with Crippen molar-refractivity contribution < 1.29 is 4.79 Å². The minimum absolute atomic E-state index is 0.0868. The molecule has 5 heteroatoms. The van der Waals surface area contributed by atoms with Crippen LogP contribution >= 0.6 is 33.9 Å². The second kappa shape index (κ2) is 5.67. The first kappa shape index (κ1) is 11.9. The predicted molar refractivity (Wildman–Crippen MR) is 67.4 cm³/mol. The summed E-state index contributed by atoms with van der Waals surface area (Å²) in [5.74, 6) is -0.0868. The van der Waals surface area contributed by atoms with Crippen molar-refractivity contribution in [3.63, 3.8) is 0 Å². The number of halogens is 1. The predicted octanol–water partition coefficient (Wildman–Crippen LogP) is 1.36. The topological polar surface area (TPSA) is 55.1 Å². The van der Waals surface area contributed by atoms with Crippen molar-refractivity contribution >= 4 is 39.8 Å². The number of rotatable bonds is 4. The Bertz CT molecular complexity index is 312. The van der Waals surface area contributed by atoms with E-state index in [2.05, 4.69) is 40.0 Å². The van der Waals surface area contributed by atoms with Crippen LogP contribution in [0, 0.1) is 2.88 Å². The van der Waals surface area contributed by atoms with E-state index in [-0.39, 0.29) is 5.91 Å². The third kappa shape index (κ3) is 3.93. The van der Waals surface area contributed by atoms with Gasteiger partial charge in [-0.05, 0) is 48.1 Å². The van der Waals surface area contributed by atoms with Gasteiger partial charge >= 0.3 is 0 Å². The van der Waals surface area contributed by atoms with Gasteiger partial charge in [-0.25, -0.2) is 0 Å². The Morgan fingerprint density at radius 1 is 1.71 bits per heavy atom. The lowest BCUT2D eigenvalue weighted by molar-refractivity contribution is -0.121. The summed E-state index contributed by atoms with van der Waals surface area (Å²) < 4.78 is 1.27. The van der Waals surface area contributed by atoms with Crippen LogP contribution in [0.1, 0.15) is 11.8 Å². The summed E-state index contributed by atoms with van der Waals surface area (Å²) in [7, 11) is 0. The first-order chi connectivity index (χ1) is 6.59. The standard InChI is InChI=1S/C9H13IN2OS/c1-6(11)9(13)12-5-4-7-2-3-8(10)14-7/h2-3,6H,4-5,11H2,1H3,(H,12,13)/t6-/m0/s1. The highest BCUT2D eigenvalue weighted by molar-refractivity contribution is 14.1. The molecular weight excluding hydrogens is 311 g/mol. The second-order valence-corrected chi connectivity index (χ2v) is 6.10. The number of nitrogens with two attached hydrogens (primary N) is 1. The van der Waals surface area contributed by atoms with Gasteiger partial charge in [-0.15, -0.1) is 11.3 Å². The van der Waals surface area contributed by atoms with Crippen molar-refractivity contribution in [1.29, 1.82) is 0 Å². The minimum Gasteiger partial charge on any atom is -0.354 e. The zero-order valence-electron chi connectivity index (χ0n) is 7.92. The lowest BCUT2D eigenvalue weighted by Gasteiger charge is -2.06. The zero-order chi connectivity index (χ0) is 10.6. The van der Waals surface area contributed by atoms with E-state index in [1.807, 2.05) is 0 Å². The maximum atomic E-state index is 11.1. The quantitative estimate of drug-likeness (QED) is 0.822. The number of nitrogens with one attached hydrogen (secondary N) is 1. The number of carbonyl (C=O) groups excluding carboxylic acids is 1. The summed E-state index contributed by atoms with van der Waals surface area (Å²) >= 11 is 4.04. The molecule has 0 radical (unpaired) electrons. The molecule has 1 rings (SSSR count). The number of hydrogen-bond donors (Lipinski definition) is 2. The van der Waals surface area contributed by atoms with E-state index < -0.39 is 6.04 Å². The maximum absolute atomic E-state index is 11.1. The van der Waals surface area contributed by atoms with Crippen molar-refractivity contribution in [3.05, 3.63) is 19.9 Å². The molecule has 0 aliphatic heterocycles. The Hall–Kier alpha value is -0.140. The molecular formula is C9H13IN2OS. The average Bonchev–Trinajstić information content (AvgIpc) is 2.51. The van der Waals surface area contributed by atoms with Crippen LogP contribution in [0.2, 0.25) is 0 Å². The van der Waals surface area contributed by atoms with Crippen molar-refractivity contribution in [2.75, 3.05) is 6.54 Å². The van der Waals surface area contributed by atoms with Gasteiger partial charge in [-0.2, -0.15) is 0 Å². The molecule has 0 aromatic carbocycles. The van der Waals surface area contributed by atoms with Crippen LogP contribution in [0.15, 0.2) is 12.1 Å². The SMILES string of the molecule is C[C@H](N)C(=O)NCCc1ccc(I)s1. The van der Waals surface area contributed by atoms with Crippen LogP contribution < -0.4 is 11.1 Å². The van der Waals surface area contributed by atoms with Crippen LogP contribution in [0.3, 0.4) is 0 Å². The number of thiophene rings is 1. The maximum Gasteiger partial charge on any atom is 0.236 e. The fourth-order valence-electron chi connectivity index (χ4n) is 0.956. The van der Waals surface area contributed by atoms with Crippen LogP contribution in [-0.2, 0) is 11.2 Å². The molecule has 1 aromatic heterocycles. The van der Waals surface area contributed by atoms with Gasteiger partial charge in [0.1, 0.15) is 0 Å². The molecule has 1 amide bonds. The molecule has 0 saturated heterocycles. The summed E-state index contributed by atoms with van der Waals surface area (Å²) in [6, 6.07) is 3.75. The van der Waals surface area contributed by atoms with Crippen molar-refractivity contribution in [3.8, 4) is 0 Å². The lowest BCUT2D eigenvalue weighted by atomic mass is 10.3. The van der Waals surface area contributed by atoms with E-state index in [0.717, 1.165) is 6.42 Å². The Balaban J connectivity index is 2.25. The fourth-order valence-corrected chi connectivity index (χ4v) is 2.71. The third-order valence-corrected chi connectivity index (χ3v) is 3.67.